The van der Waals surface area contributed by atoms with Crippen molar-refractivity contribution in [2.45, 2.75) is 43.7 Å². The van der Waals surface area contributed by atoms with E-state index in [1.54, 1.807) is 18.3 Å². The molecule has 1 aromatic heterocycles. The summed E-state index contributed by atoms with van der Waals surface area (Å²) in [5.74, 6) is 0.361. The van der Waals surface area contributed by atoms with E-state index in [-0.39, 0.29) is 17.9 Å². The van der Waals surface area contributed by atoms with Crippen molar-refractivity contribution < 1.29 is 14.6 Å². The SMILES string of the molecule is COc1ncccc1C(=O)N1CC[C@](O)(c2ccccc2)[C@H]2CCCC[C@H]21. The van der Waals surface area contributed by atoms with Crippen LogP contribution in [0.1, 0.15) is 48.0 Å². The van der Waals surface area contributed by atoms with Gasteiger partial charge in [0.25, 0.3) is 5.91 Å². The van der Waals surface area contributed by atoms with Crippen molar-refractivity contribution in [1.82, 2.24) is 9.88 Å². The molecule has 27 heavy (non-hydrogen) atoms. The zero-order valence-corrected chi connectivity index (χ0v) is 15.7. The smallest absolute Gasteiger partial charge is 0.259 e. The third kappa shape index (κ3) is 3.10. The number of hydrogen-bond acceptors (Lipinski definition) is 4. The van der Waals surface area contributed by atoms with Crippen molar-refractivity contribution in [3.05, 3.63) is 59.8 Å². The molecule has 142 valence electrons. The number of aromatic nitrogens is 1. The number of hydrogen-bond donors (Lipinski definition) is 1. The van der Waals surface area contributed by atoms with Gasteiger partial charge in [-0.15, -0.1) is 0 Å². The van der Waals surface area contributed by atoms with Gasteiger partial charge in [-0.25, -0.2) is 4.98 Å². The molecule has 5 nitrogen and oxygen atoms in total. The zero-order valence-electron chi connectivity index (χ0n) is 15.7. The Hall–Kier alpha value is -2.40. The standard InChI is InChI=1S/C22H26N2O3/c1-27-20-17(10-7-14-23-20)21(25)24-15-13-22(26,16-8-3-2-4-9-16)18-11-5-6-12-19(18)24/h2-4,7-10,14,18-19,26H,5-6,11-13,15H2,1H3/t18-,19+,22-/m0/s1. The number of pyridine rings is 1. The molecular weight excluding hydrogens is 340 g/mol. The van der Waals surface area contributed by atoms with Crippen LogP contribution in [-0.2, 0) is 5.60 Å². The molecule has 1 N–H and O–H groups in total. The molecule has 2 aromatic rings. The second-order valence-corrected chi connectivity index (χ2v) is 7.56. The van der Waals surface area contributed by atoms with Crippen molar-refractivity contribution in [1.29, 1.82) is 0 Å². The highest BCUT2D eigenvalue weighted by Gasteiger charge is 2.50. The van der Waals surface area contributed by atoms with Crippen molar-refractivity contribution in [3.8, 4) is 5.88 Å². The van der Waals surface area contributed by atoms with Crippen LogP contribution < -0.4 is 4.74 Å². The fraction of sp³-hybridized carbons (Fsp3) is 0.455. The van der Waals surface area contributed by atoms with Gasteiger partial charge < -0.3 is 14.7 Å². The van der Waals surface area contributed by atoms with Crippen LogP contribution in [0.3, 0.4) is 0 Å². The normalized spacial score (nSPS) is 27.7. The van der Waals surface area contributed by atoms with E-state index in [0.717, 1.165) is 31.2 Å². The Morgan fingerprint density at radius 2 is 1.96 bits per heavy atom. The average molecular weight is 366 g/mol. The second-order valence-electron chi connectivity index (χ2n) is 7.56. The summed E-state index contributed by atoms with van der Waals surface area (Å²) in [5, 5.41) is 11.6. The number of carbonyl (C=O) groups excluding carboxylic acids is 1. The monoisotopic (exact) mass is 366 g/mol. The van der Waals surface area contributed by atoms with E-state index in [2.05, 4.69) is 4.98 Å². The lowest BCUT2D eigenvalue weighted by Gasteiger charge is -2.52. The van der Waals surface area contributed by atoms with Gasteiger partial charge in [0, 0.05) is 24.7 Å². The van der Waals surface area contributed by atoms with Crippen LogP contribution in [0.5, 0.6) is 5.88 Å². The molecule has 1 amide bonds. The molecule has 1 saturated carbocycles. The number of nitrogens with zero attached hydrogens (tertiary/aromatic N) is 2. The molecule has 0 unspecified atom stereocenters. The van der Waals surface area contributed by atoms with Crippen molar-refractivity contribution in [2.24, 2.45) is 5.92 Å². The summed E-state index contributed by atoms with van der Waals surface area (Å²) in [6.07, 6.45) is 6.21. The minimum atomic E-state index is -0.873. The Balaban J connectivity index is 1.67. The highest BCUT2D eigenvalue weighted by molar-refractivity contribution is 5.96. The highest BCUT2D eigenvalue weighted by Crippen LogP contribution is 2.47. The maximum absolute atomic E-state index is 13.3. The fourth-order valence-corrected chi connectivity index (χ4v) is 4.89. The molecule has 0 spiro atoms. The van der Waals surface area contributed by atoms with Crippen LogP contribution >= 0.6 is 0 Å². The second kappa shape index (κ2) is 7.31. The molecule has 1 aliphatic carbocycles. The zero-order chi connectivity index (χ0) is 18.9. The highest BCUT2D eigenvalue weighted by atomic mass is 16.5. The van der Waals surface area contributed by atoms with E-state index < -0.39 is 5.60 Å². The number of aliphatic hydroxyl groups is 1. The lowest BCUT2D eigenvalue weighted by atomic mass is 9.66. The van der Waals surface area contributed by atoms with Crippen LogP contribution in [0.25, 0.3) is 0 Å². The Labute approximate surface area is 160 Å². The fourth-order valence-electron chi connectivity index (χ4n) is 4.89. The maximum Gasteiger partial charge on any atom is 0.259 e. The van der Waals surface area contributed by atoms with Crippen LogP contribution in [0.4, 0.5) is 0 Å². The first-order valence-corrected chi connectivity index (χ1v) is 9.73. The van der Waals surface area contributed by atoms with Crippen molar-refractivity contribution >= 4 is 5.91 Å². The Bertz CT molecular complexity index is 810. The van der Waals surface area contributed by atoms with Crippen LogP contribution in [-0.4, -0.2) is 40.6 Å². The number of piperidine rings is 1. The minimum Gasteiger partial charge on any atom is -0.480 e. The van der Waals surface area contributed by atoms with Gasteiger partial charge in [0.15, 0.2) is 0 Å². The molecule has 5 heteroatoms. The molecule has 1 saturated heterocycles. The van der Waals surface area contributed by atoms with E-state index in [4.69, 9.17) is 4.74 Å². The summed E-state index contributed by atoms with van der Waals surface area (Å²) in [7, 11) is 1.53. The number of methoxy groups -OCH3 is 1. The quantitative estimate of drug-likeness (QED) is 0.905. The largest absolute Gasteiger partial charge is 0.480 e. The Morgan fingerprint density at radius 3 is 2.74 bits per heavy atom. The van der Waals surface area contributed by atoms with E-state index in [1.165, 1.54) is 7.11 Å². The molecule has 0 bridgehead atoms. The Morgan fingerprint density at radius 1 is 1.19 bits per heavy atom. The van der Waals surface area contributed by atoms with Crippen LogP contribution in [0.2, 0.25) is 0 Å². The first kappa shape index (κ1) is 18.0. The molecule has 0 radical (unpaired) electrons. The summed E-state index contributed by atoms with van der Waals surface area (Å²) in [6.45, 7) is 0.531. The average Bonchev–Trinajstić information content (AvgIpc) is 2.74. The van der Waals surface area contributed by atoms with Gasteiger partial charge in [-0.2, -0.15) is 0 Å². The van der Waals surface area contributed by atoms with Gasteiger partial charge in [0.05, 0.1) is 12.7 Å². The van der Waals surface area contributed by atoms with Crippen molar-refractivity contribution in [2.75, 3.05) is 13.7 Å². The number of amides is 1. The first-order chi connectivity index (χ1) is 13.1. The number of fused-ring (bicyclic) bond motifs is 1. The van der Waals surface area contributed by atoms with Crippen LogP contribution in [0, 0.1) is 5.92 Å². The summed E-state index contributed by atoms with van der Waals surface area (Å²) in [6, 6.07) is 13.5. The number of benzene rings is 1. The van der Waals surface area contributed by atoms with Gasteiger partial charge in [0.2, 0.25) is 5.88 Å². The van der Waals surface area contributed by atoms with Gasteiger partial charge in [-0.1, -0.05) is 43.2 Å². The molecule has 3 atom stereocenters. The predicted octanol–water partition coefficient (Wildman–Crippen LogP) is 3.38. The van der Waals surface area contributed by atoms with Crippen molar-refractivity contribution in [3.63, 3.8) is 0 Å². The lowest BCUT2D eigenvalue weighted by molar-refractivity contribution is -0.110. The molecule has 4 rings (SSSR count). The molecule has 1 aromatic carbocycles. The van der Waals surface area contributed by atoms with Crippen LogP contribution in [0.15, 0.2) is 48.7 Å². The topological polar surface area (TPSA) is 62.7 Å². The Kier molecular flexibility index (Phi) is 4.87. The summed E-state index contributed by atoms with van der Waals surface area (Å²) in [5.41, 5.74) is 0.588. The van der Waals surface area contributed by atoms with Gasteiger partial charge in [-0.05, 0) is 37.0 Å². The third-order valence-electron chi connectivity index (χ3n) is 6.21. The first-order valence-electron chi connectivity index (χ1n) is 9.73. The summed E-state index contributed by atoms with van der Waals surface area (Å²) in [4.78, 5) is 19.4. The molecule has 2 heterocycles. The van der Waals surface area contributed by atoms with Gasteiger partial charge >= 0.3 is 0 Å². The lowest BCUT2D eigenvalue weighted by Crippen LogP contribution is -2.59. The number of ether oxygens (including phenoxy) is 1. The molecular formula is C22H26N2O3. The van der Waals surface area contributed by atoms with E-state index in [0.29, 0.717) is 24.4 Å². The van der Waals surface area contributed by atoms with E-state index in [1.807, 2.05) is 35.2 Å². The summed E-state index contributed by atoms with van der Waals surface area (Å²) >= 11 is 0. The molecule has 2 aliphatic rings. The number of rotatable bonds is 3. The predicted molar refractivity (Wildman–Crippen MR) is 103 cm³/mol. The number of likely N-dealkylation sites (tertiary alicyclic amines) is 1. The van der Waals surface area contributed by atoms with E-state index >= 15 is 0 Å². The summed E-state index contributed by atoms with van der Waals surface area (Å²) < 4.78 is 5.30. The maximum atomic E-state index is 13.3. The number of carbonyl (C=O) groups is 1. The van der Waals surface area contributed by atoms with Gasteiger partial charge in [0.1, 0.15) is 5.56 Å². The van der Waals surface area contributed by atoms with E-state index in [9.17, 15) is 9.90 Å². The minimum absolute atomic E-state index is 0.0371. The van der Waals surface area contributed by atoms with Gasteiger partial charge in [-0.3, -0.25) is 4.79 Å². The third-order valence-corrected chi connectivity index (χ3v) is 6.21. The molecule has 1 aliphatic heterocycles. The molecule has 2 fully saturated rings.